The summed E-state index contributed by atoms with van der Waals surface area (Å²) in [4.78, 5) is 24.3. The van der Waals surface area contributed by atoms with Crippen LogP contribution in [0.2, 0.25) is 0 Å². The first-order valence-corrected chi connectivity index (χ1v) is 4.33. The van der Waals surface area contributed by atoms with E-state index in [1.54, 1.807) is 0 Å². The van der Waals surface area contributed by atoms with Gasteiger partial charge < -0.3 is 19.7 Å². The summed E-state index contributed by atoms with van der Waals surface area (Å²) in [6.07, 6.45) is -1.17. The Balaban J connectivity index is 3.05. The van der Waals surface area contributed by atoms with E-state index in [1.165, 1.54) is 12.3 Å². The van der Waals surface area contributed by atoms with Crippen molar-refractivity contribution in [3.63, 3.8) is 0 Å². The molecule has 0 atom stereocenters. The first-order chi connectivity index (χ1) is 7.52. The number of rotatable bonds is 3. The van der Waals surface area contributed by atoms with Crippen molar-refractivity contribution < 1.29 is 29.3 Å². The van der Waals surface area contributed by atoms with Crippen LogP contribution in [0, 0.1) is 0 Å². The molecular formula is C9H9NO6. The molecule has 7 heteroatoms. The van der Waals surface area contributed by atoms with E-state index in [4.69, 9.17) is 10.2 Å². The minimum atomic E-state index is -1.59. The molecule has 1 aromatic heterocycles. The molecule has 0 spiro atoms. The number of pyridine rings is 1. The van der Waals surface area contributed by atoms with Crippen LogP contribution in [0.4, 0.5) is 9.59 Å². The molecule has 0 saturated heterocycles. The number of carbonyl (C=O) groups is 2. The highest BCUT2D eigenvalue weighted by Gasteiger charge is 2.14. The molecule has 0 aliphatic rings. The normalized spacial score (nSPS) is 9.56. The van der Waals surface area contributed by atoms with Crippen LogP contribution in [0.15, 0.2) is 12.3 Å². The summed E-state index contributed by atoms with van der Waals surface area (Å²) in [5.41, 5.74) is 0.703. The molecule has 86 valence electrons. The molecule has 0 saturated carbocycles. The SMILES string of the molecule is CCc1cnc(OC(=O)O)c(OC(=O)O)c1. The lowest BCUT2D eigenvalue weighted by Crippen LogP contribution is -2.10. The summed E-state index contributed by atoms with van der Waals surface area (Å²) in [6.45, 7) is 1.83. The van der Waals surface area contributed by atoms with Crippen LogP contribution < -0.4 is 9.47 Å². The molecule has 7 nitrogen and oxygen atoms in total. The fraction of sp³-hybridized carbons (Fsp3) is 0.222. The van der Waals surface area contributed by atoms with Crippen LogP contribution in [0.5, 0.6) is 11.6 Å². The van der Waals surface area contributed by atoms with Crippen LogP contribution in [-0.4, -0.2) is 27.5 Å². The third kappa shape index (κ3) is 3.12. The van der Waals surface area contributed by atoms with Gasteiger partial charge in [0, 0.05) is 6.20 Å². The van der Waals surface area contributed by atoms with Gasteiger partial charge in [0.25, 0.3) is 5.88 Å². The minimum Gasteiger partial charge on any atom is -0.449 e. The maximum Gasteiger partial charge on any atom is 0.512 e. The average molecular weight is 227 g/mol. The smallest absolute Gasteiger partial charge is 0.449 e. The van der Waals surface area contributed by atoms with Gasteiger partial charge in [0.2, 0.25) is 0 Å². The van der Waals surface area contributed by atoms with E-state index >= 15 is 0 Å². The van der Waals surface area contributed by atoms with Crippen molar-refractivity contribution >= 4 is 12.3 Å². The summed E-state index contributed by atoms with van der Waals surface area (Å²) in [6, 6.07) is 1.36. The highest BCUT2D eigenvalue weighted by Crippen LogP contribution is 2.25. The summed E-state index contributed by atoms with van der Waals surface area (Å²) in [7, 11) is 0. The molecule has 0 radical (unpaired) electrons. The van der Waals surface area contributed by atoms with Gasteiger partial charge in [0.1, 0.15) is 0 Å². The molecule has 0 aromatic carbocycles. The summed E-state index contributed by atoms with van der Waals surface area (Å²) >= 11 is 0. The van der Waals surface area contributed by atoms with Crippen molar-refractivity contribution in [3.8, 4) is 11.6 Å². The first kappa shape index (κ1) is 11.8. The van der Waals surface area contributed by atoms with Crippen LogP contribution in [0.25, 0.3) is 0 Å². The number of ether oxygens (including phenoxy) is 2. The van der Waals surface area contributed by atoms with Gasteiger partial charge in [-0.15, -0.1) is 0 Å². The second-order valence-corrected chi connectivity index (χ2v) is 2.74. The summed E-state index contributed by atoms with van der Waals surface area (Å²) in [5.74, 6) is -0.638. The Labute approximate surface area is 90.2 Å². The second-order valence-electron chi connectivity index (χ2n) is 2.74. The first-order valence-electron chi connectivity index (χ1n) is 4.33. The average Bonchev–Trinajstić information content (AvgIpc) is 2.19. The Bertz CT molecular complexity index is 416. The highest BCUT2D eigenvalue weighted by molar-refractivity contribution is 5.65. The van der Waals surface area contributed by atoms with Crippen molar-refractivity contribution in [1.82, 2.24) is 4.98 Å². The topological polar surface area (TPSA) is 106 Å². The lowest BCUT2D eigenvalue weighted by Gasteiger charge is -2.06. The van der Waals surface area contributed by atoms with Gasteiger partial charge in [0.15, 0.2) is 5.75 Å². The van der Waals surface area contributed by atoms with Crippen molar-refractivity contribution in [2.75, 3.05) is 0 Å². The Kier molecular flexibility index (Phi) is 3.65. The Morgan fingerprint density at radius 1 is 1.31 bits per heavy atom. The Morgan fingerprint density at radius 2 is 1.94 bits per heavy atom. The van der Waals surface area contributed by atoms with E-state index in [1.807, 2.05) is 6.92 Å². The van der Waals surface area contributed by atoms with E-state index in [2.05, 4.69) is 14.5 Å². The van der Waals surface area contributed by atoms with Crippen molar-refractivity contribution in [2.45, 2.75) is 13.3 Å². The molecular weight excluding hydrogens is 218 g/mol. The predicted octanol–water partition coefficient (Wildman–Crippen LogP) is 1.76. The quantitative estimate of drug-likeness (QED) is 0.757. The Hall–Kier alpha value is -2.31. The van der Waals surface area contributed by atoms with Crippen LogP contribution in [0.3, 0.4) is 0 Å². The molecule has 0 aliphatic carbocycles. The largest absolute Gasteiger partial charge is 0.512 e. The predicted molar refractivity (Wildman–Crippen MR) is 50.9 cm³/mol. The van der Waals surface area contributed by atoms with Gasteiger partial charge in [-0.05, 0) is 18.1 Å². The number of carboxylic acid groups (broad SMARTS) is 2. The van der Waals surface area contributed by atoms with Gasteiger partial charge >= 0.3 is 12.3 Å². The second kappa shape index (κ2) is 4.96. The highest BCUT2D eigenvalue weighted by atomic mass is 16.7. The fourth-order valence-electron chi connectivity index (χ4n) is 0.992. The zero-order valence-electron chi connectivity index (χ0n) is 8.34. The maximum absolute atomic E-state index is 10.4. The zero-order chi connectivity index (χ0) is 12.1. The number of aryl methyl sites for hydroxylation is 1. The molecule has 1 rings (SSSR count). The molecule has 16 heavy (non-hydrogen) atoms. The standard InChI is InChI=1S/C9H9NO6/c1-2-5-3-6(15-8(11)12)7(10-4-5)16-9(13)14/h3-4H,2H2,1H3,(H,11,12)(H,13,14). The summed E-state index contributed by atoms with van der Waals surface area (Å²) < 4.78 is 8.62. The molecule has 1 aromatic rings. The molecule has 0 aliphatic heterocycles. The van der Waals surface area contributed by atoms with E-state index in [-0.39, 0.29) is 5.75 Å². The van der Waals surface area contributed by atoms with Crippen LogP contribution in [0.1, 0.15) is 12.5 Å². The zero-order valence-corrected chi connectivity index (χ0v) is 8.34. The third-order valence-electron chi connectivity index (χ3n) is 1.66. The van der Waals surface area contributed by atoms with Crippen molar-refractivity contribution in [3.05, 3.63) is 17.8 Å². The van der Waals surface area contributed by atoms with E-state index < -0.39 is 18.2 Å². The minimum absolute atomic E-state index is 0.241. The fourth-order valence-corrected chi connectivity index (χ4v) is 0.992. The van der Waals surface area contributed by atoms with Crippen molar-refractivity contribution in [2.24, 2.45) is 0 Å². The number of hydrogen-bond acceptors (Lipinski definition) is 5. The lowest BCUT2D eigenvalue weighted by atomic mass is 10.2. The third-order valence-corrected chi connectivity index (χ3v) is 1.66. The van der Waals surface area contributed by atoms with Gasteiger partial charge in [-0.2, -0.15) is 0 Å². The van der Waals surface area contributed by atoms with Gasteiger partial charge in [-0.3, -0.25) is 0 Å². The Morgan fingerprint density at radius 3 is 2.44 bits per heavy atom. The molecule has 0 unspecified atom stereocenters. The van der Waals surface area contributed by atoms with E-state index in [0.29, 0.717) is 12.0 Å². The molecule has 0 fully saturated rings. The molecule has 0 amide bonds. The van der Waals surface area contributed by atoms with Gasteiger partial charge in [-0.1, -0.05) is 6.92 Å². The van der Waals surface area contributed by atoms with Gasteiger partial charge in [-0.25, -0.2) is 14.6 Å². The number of nitrogens with zero attached hydrogens (tertiary/aromatic N) is 1. The molecule has 0 bridgehead atoms. The monoisotopic (exact) mass is 227 g/mol. The maximum atomic E-state index is 10.4. The van der Waals surface area contributed by atoms with Crippen LogP contribution in [-0.2, 0) is 6.42 Å². The molecule has 1 heterocycles. The van der Waals surface area contributed by atoms with Crippen LogP contribution >= 0.6 is 0 Å². The summed E-state index contributed by atoms with van der Waals surface area (Å²) in [5, 5.41) is 16.8. The van der Waals surface area contributed by atoms with Gasteiger partial charge in [0.05, 0.1) is 0 Å². The van der Waals surface area contributed by atoms with Crippen molar-refractivity contribution in [1.29, 1.82) is 0 Å². The van der Waals surface area contributed by atoms with E-state index in [0.717, 1.165) is 0 Å². The lowest BCUT2D eigenvalue weighted by molar-refractivity contribution is 0.131. The molecule has 2 N–H and O–H groups in total. The number of hydrogen-bond donors (Lipinski definition) is 2. The number of aromatic nitrogens is 1. The van der Waals surface area contributed by atoms with E-state index in [9.17, 15) is 9.59 Å².